The number of nitrogens with zero attached hydrogens (tertiary/aromatic N) is 4. The largest absolute Gasteiger partial charge is 0.311 e. The number of benzene rings is 1. The highest BCUT2D eigenvalue weighted by atomic mass is 35.5. The first-order valence-corrected chi connectivity index (χ1v) is 12.0. The molecular formula is C22H24Cl2N4S. The quantitative estimate of drug-likeness (QED) is 0.516. The summed E-state index contributed by atoms with van der Waals surface area (Å²) in [4.78, 5) is 4.00. The van der Waals surface area contributed by atoms with Crippen LogP contribution in [0.5, 0.6) is 0 Å². The third-order valence-electron chi connectivity index (χ3n) is 6.22. The molecule has 0 N–H and O–H groups in total. The number of likely N-dealkylation sites (tertiary alicyclic amines) is 1. The highest BCUT2D eigenvalue weighted by Crippen LogP contribution is 2.35. The Balaban J connectivity index is 1.23. The highest BCUT2D eigenvalue weighted by Gasteiger charge is 2.28. The Morgan fingerprint density at radius 1 is 1.07 bits per heavy atom. The molecule has 29 heavy (non-hydrogen) atoms. The molecule has 3 aromatic rings. The zero-order chi connectivity index (χ0) is 19.8. The lowest BCUT2D eigenvalue weighted by Crippen LogP contribution is -2.35. The molecule has 0 unspecified atom stereocenters. The van der Waals surface area contributed by atoms with Gasteiger partial charge in [-0.3, -0.25) is 0 Å². The van der Waals surface area contributed by atoms with Gasteiger partial charge in [0.15, 0.2) is 5.82 Å². The zero-order valence-electron chi connectivity index (χ0n) is 16.3. The summed E-state index contributed by atoms with van der Waals surface area (Å²) in [7, 11) is 0. The number of hydrogen-bond acceptors (Lipinski definition) is 4. The van der Waals surface area contributed by atoms with E-state index >= 15 is 0 Å². The second-order valence-corrected chi connectivity index (χ2v) is 9.84. The van der Waals surface area contributed by atoms with Gasteiger partial charge in [-0.15, -0.1) is 21.5 Å². The minimum absolute atomic E-state index is 0.506. The molecule has 1 saturated heterocycles. The fourth-order valence-electron chi connectivity index (χ4n) is 4.59. The van der Waals surface area contributed by atoms with E-state index in [9.17, 15) is 0 Å². The average Bonchev–Trinajstić information content (AvgIpc) is 3.31. The molecule has 2 aliphatic heterocycles. The topological polar surface area (TPSA) is 34.0 Å². The van der Waals surface area contributed by atoms with Crippen LogP contribution in [0.4, 0.5) is 0 Å². The van der Waals surface area contributed by atoms with Crippen LogP contribution in [0, 0.1) is 0 Å². The minimum Gasteiger partial charge on any atom is -0.311 e. The van der Waals surface area contributed by atoms with Gasteiger partial charge in [0, 0.05) is 39.5 Å². The van der Waals surface area contributed by atoms with Gasteiger partial charge in [-0.05, 0) is 74.3 Å². The van der Waals surface area contributed by atoms with Gasteiger partial charge in [-0.1, -0.05) is 29.3 Å². The molecule has 152 valence electrons. The third kappa shape index (κ3) is 3.98. The maximum Gasteiger partial charge on any atom is 0.165 e. The van der Waals surface area contributed by atoms with Gasteiger partial charge in [0.2, 0.25) is 0 Å². The summed E-state index contributed by atoms with van der Waals surface area (Å²) in [6, 6.07) is 8.01. The molecule has 5 rings (SSSR count). The van der Waals surface area contributed by atoms with Crippen LogP contribution in [0.2, 0.25) is 10.0 Å². The smallest absolute Gasteiger partial charge is 0.165 e. The molecule has 2 aromatic heterocycles. The maximum absolute atomic E-state index is 6.33. The maximum atomic E-state index is 6.33. The van der Waals surface area contributed by atoms with E-state index in [0.29, 0.717) is 10.9 Å². The standard InChI is InChI=1S/C22H24Cl2N4S/c23-17-4-3-15(19(24)14-17)5-10-27-11-6-16(7-12-27)21-25-26-22-18-8-13-29-20(18)2-1-9-28(21)22/h3-4,8,13-14,16H,1-2,5-7,9-12H2. The highest BCUT2D eigenvalue weighted by molar-refractivity contribution is 7.10. The Hall–Kier alpha value is -1.40. The second kappa shape index (κ2) is 8.38. The van der Waals surface area contributed by atoms with Crippen LogP contribution >= 0.6 is 34.5 Å². The SMILES string of the molecule is Clc1ccc(CCN2CCC(c3nnc4n3CCCc3sccc3-4)CC2)c(Cl)c1. The Bertz CT molecular complexity index is 1000. The second-order valence-electron chi connectivity index (χ2n) is 8.00. The van der Waals surface area contributed by atoms with Gasteiger partial charge in [0.1, 0.15) is 5.82 Å². The summed E-state index contributed by atoms with van der Waals surface area (Å²) in [6.45, 7) is 4.27. The van der Waals surface area contributed by atoms with E-state index in [1.54, 1.807) is 0 Å². The van der Waals surface area contributed by atoms with Crippen molar-refractivity contribution in [3.63, 3.8) is 0 Å². The van der Waals surface area contributed by atoms with Crippen LogP contribution < -0.4 is 0 Å². The zero-order valence-corrected chi connectivity index (χ0v) is 18.6. The van der Waals surface area contributed by atoms with Crippen LogP contribution in [-0.2, 0) is 19.4 Å². The predicted molar refractivity (Wildman–Crippen MR) is 120 cm³/mol. The van der Waals surface area contributed by atoms with Crippen molar-refractivity contribution in [1.29, 1.82) is 0 Å². The monoisotopic (exact) mass is 446 g/mol. The van der Waals surface area contributed by atoms with E-state index in [1.165, 1.54) is 28.2 Å². The van der Waals surface area contributed by atoms with Gasteiger partial charge in [-0.25, -0.2) is 0 Å². The lowest BCUT2D eigenvalue weighted by Gasteiger charge is -2.31. The van der Waals surface area contributed by atoms with Crippen molar-refractivity contribution in [3.05, 3.63) is 56.0 Å². The molecule has 1 aromatic carbocycles. The van der Waals surface area contributed by atoms with Gasteiger partial charge in [0.05, 0.1) is 0 Å². The van der Waals surface area contributed by atoms with Crippen LogP contribution in [0.25, 0.3) is 11.4 Å². The molecule has 7 heteroatoms. The molecule has 4 heterocycles. The van der Waals surface area contributed by atoms with Gasteiger partial charge in [0.25, 0.3) is 0 Å². The Morgan fingerprint density at radius 3 is 2.76 bits per heavy atom. The first kappa shape index (κ1) is 19.6. The molecular weight excluding hydrogens is 423 g/mol. The number of hydrogen-bond donors (Lipinski definition) is 0. The van der Waals surface area contributed by atoms with Crippen molar-refractivity contribution < 1.29 is 0 Å². The summed E-state index contributed by atoms with van der Waals surface area (Å²) >= 11 is 14.2. The summed E-state index contributed by atoms with van der Waals surface area (Å²) in [6.07, 6.45) is 5.57. The lowest BCUT2D eigenvalue weighted by molar-refractivity contribution is 0.209. The lowest BCUT2D eigenvalue weighted by atomic mass is 9.95. The van der Waals surface area contributed by atoms with Crippen molar-refractivity contribution in [2.75, 3.05) is 19.6 Å². The molecule has 0 bridgehead atoms. The fourth-order valence-corrected chi connectivity index (χ4v) is 6.01. The van der Waals surface area contributed by atoms with Gasteiger partial charge < -0.3 is 9.47 Å². The number of aromatic nitrogens is 3. The molecule has 0 aliphatic carbocycles. The first-order valence-electron chi connectivity index (χ1n) is 10.3. The van der Waals surface area contributed by atoms with Crippen molar-refractivity contribution in [2.45, 2.75) is 44.6 Å². The molecule has 0 amide bonds. The minimum atomic E-state index is 0.506. The third-order valence-corrected chi connectivity index (χ3v) is 7.78. The normalized spacial score (nSPS) is 17.7. The molecule has 4 nitrogen and oxygen atoms in total. The van der Waals surface area contributed by atoms with Crippen LogP contribution in [0.1, 0.15) is 41.4 Å². The predicted octanol–water partition coefficient (Wildman–Crippen LogP) is 5.68. The average molecular weight is 447 g/mol. The summed E-state index contributed by atoms with van der Waals surface area (Å²) in [5, 5.41) is 12.9. The van der Waals surface area contributed by atoms with E-state index < -0.39 is 0 Å². The molecule has 0 spiro atoms. The van der Waals surface area contributed by atoms with Gasteiger partial charge in [-0.2, -0.15) is 0 Å². The Kier molecular flexibility index (Phi) is 5.65. The van der Waals surface area contributed by atoms with Crippen molar-refractivity contribution in [3.8, 4) is 11.4 Å². The number of piperidine rings is 1. The summed E-state index contributed by atoms with van der Waals surface area (Å²) in [5.41, 5.74) is 2.47. The van der Waals surface area contributed by atoms with Crippen molar-refractivity contribution in [1.82, 2.24) is 19.7 Å². The van der Waals surface area contributed by atoms with E-state index in [-0.39, 0.29) is 0 Å². The van der Waals surface area contributed by atoms with E-state index in [1.807, 2.05) is 29.5 Å². The van der Waals surface area contributed by atoms with E-state index in [2.05, 4.69) is 31.1 Å². The fraction of sp³-hybridized carbons (Fsp3) is 0.455. The molecule has 0 saturated carbocycles. The molecule has 0 radical (unpaired) electrons. The number of fused-ring (bicyclic) bond motifs is 3. The molecule has 1 fully saturated rings. The first-order chi connectivity index (χ1) is 14.2. The number of thiophene rings is 1. The van der Waals surface area contributed by atoms with Crippen LogP contribution in [0.15, 0.2) is 29.6 Å². The number of halogens is 2. The number of aryl methyl sites for hydroxylation is 1. The van der Waals surface area contributed by atoms with Crippen LogP contribution in [0.3, 0.4) is 0 Å². The van der Waals surface area contributed by atoms with E-state index in [4.69, 9.17) is 23.2 Å². The summed E-state index contributed by atoms with van der Waals surface area (Å²) < 4.78 is 2.40. The molecule has 2 aliphatic rings. The van der Waals surface area contributed by atoms with Gasteiger partial charge >= 0.3 is 0 Å². The van der Waals surface area contributed by atoms with Crippen LogP contribution in [-0.4, -0.2) is 39.3 Å². The summed E-state index contributed by atoms with van der Waals surface area (Å²) in [5.74, 6) is 2.78. The van der Waals surface area contributed by atoms with Crippen molar-refractivity contribution >= 4 is 34.5 Å². The number of rotatable bonds is 4. The Morgan fingerprint density at radius 2 is 1.93 bits per heavy atom. The van der Waals surface area contributed by atoms with E-state index in [0.717, 1.165) is 62.7 Å². The molecule has 0 atom stereocenters. The van der Waals surface area contributed by atoms with Crippen molar-refractivity contribution in [2.24, 2.45) is 0 Å². The Labute approximate surface area is 185 Å².